The predicted molar refractivity (Wildman–Crippen MR) is 118 cm³/mol. The summed E-state index contributed by atoms with van der Waals surface area (Å²) in [5, 5.41) is 6.68. The van der Waals surface area contributed by atoms with E-state index < -0.39 is 11.7 Å². The van der Waals surface area contributed by atoms with E-state index in [2.05, 4.69) is 15.6 Å². The van der Waals surface area contributed by atoms with Crippen molar-refractivity contribution in [3.05, 3.63) is 51.1 Å². The highest BCUT2D eigenvalue weighted by molar-refractivity contribution is 6.36. The van der Waals surface area contributed by atoms with Crippen molar-refractivity contribution in [2.45, 2.75) is 58.7 Å². The van der Waals surface area contributed by atoms with E-state index >= 15 is 0 Å². The van der Waals surface area contributed by atoms with E-state index in [4.69, 9.17) is 27.9 Å². The second-order valence-corrected chi connectivity index (χ2v) is 9.19. The Balaban J connectivity index is 1.94. The Morgan fingerprint density at radius 2 is 1.90 bits per heavy atom. The minimum atomic E-state index is -0.612. The normalized spacial score (nSPS) is 13.7. The number of nitrogens with one attached hydrogen (secondary N) is 2. The van der Waals surface area contributed by atoms with Gasteiger partial charge >= 0.3 is 6.09 Å². The maximum absolute atomic E-state index is 12.9. The average molecular weight is 450 g/mol. The smallest absolute Gasteiger partial charge is 0.407 e. The molecule has 30 heavy (non-hydrogen) atoms. The minimum Gasteiger partial charge on any atom is -0.444 e. The van der Waals surface area contributed by atoms with E-state index in [1.165, 1.54) is 0 Å². The number of alkyl carbamates (subject to hydrolysis) is 1. The molecule has 8 heteroatoms. The number of nitrogens with zero attached hydrogens (tertiary/aromatic N) is 1. The molecule has 2 N–H and O–H groups in total. The van der Waals surface area contributed by atoms with E-state index in [0.717, 1.165) is 12.8 Å². The van der Waals surface area contributed by atoms with Crippen LogP contribution in [-0.4, -0.2) is 28.6 Å². The third-order valence-electron chi connectivity index (χ3n) is 4.50. The molecule has 1 aromatic heterocycles. The van der Waals surface area contributed by atoms with Crippen LogP contribution in [0.4, 0.5) is 4.79 Å². The lowest BCUT2D eigenvalue weighted by atomic mass is 10.0. The monoisotopic (exact) mass is 449 g/mol. The first-order valence-corrected chi connectivity index (χ1v) is 10.5. The number of aromatic nitrogens is 1. The molecule has 0 unspecified atom stereocenters. The van der Waals surface area contributed by atoms with Gasteiger partial charge in [-0.05, 0) is 64.8 Å². The number of hydrogen-bond donors (Lipinski definition) is 2. The zero-order chi connectivity index (χ0) is 22.1. The molecule has 6 nitrogen and oxygen atoms in total. The topological polar surface area (TPSA) is 80.3 Å². The zero-order valence-electron chi connectivity index (χ0n) is 17.4. The third kappa shape index (κ3) is 5.86. The van der Waals surface area contributed by atoms with E-state index in [1.807, 2.05) is 0 Å². The number of benzene rings is 1. The van der Waals surface area contributed by atoms with Gasteiger partial charge in [0.05, 0.1) is 10.7 Å². The molecule has 1 aliphatic rings. The molecular weight excluding hydrogens is 425 g/mol. The molecule has 160 valence electrons. The molecule has 1 saturated carbocycles. The van der Waals surface area contributed by atoms with Crippen molar-refractivity contribution in [3.8, 4) is 11.3 Å². The lowest BCUT2D eigenvalue weighted by Crippen LogP contribution is -2.33. The Morgan fingerprint density at radius 3 is 2.50 bits per heavy atom. The average Bonchev–Trinajstić information content (AvgIpc) is 3.42. The molecule has 0 radical (unpaired) electrons. The van der Waals surface area contributed by atoms with Crippen LogP contribution in [0.5, 0.6) is 0 Å². The fourth-order valence-corrected chi connectivity index (χ4v) is 3.43. The Labute approximate surface area is 186 Å². The van der Waals surface area contributed by atoms with Crippen molar-refractivity contribution in [2.24, 2.45) is 0 Å². The van der Waals surface area contributed by atoms with E-state index in [-0.39, 0.29) is 18.5 Å². The number of hydrogen-bond acceptors (Lipinski definition) is 4. The SMILES string of the molecule is Cc1nc(-c2ccc(Cl)cc2Cl)cc(C(=O)NC2CC2)c1CNC(=O)OC(C)(C)C. The molecular formula is C22H25Cl2N3O3. The Hall–Kier alpha value is -2.31. The molecule has 2 amide bonds. The Kier molecular flexibility index (Phi) is 6.58. The lowest BCUT2D eigenvalue weighted by molar-refractivity contribution is 0.0522. The molecule has 1 heterocycles. The summed E-state index contributed by atoms with van der Waals surface area (Å²) in [5.41, 5.74) is 2.33. The largest absolute Gasteiger partial charge is 0.444 e. The molecule has 0 aliphatic heterocycles. The van der Waals surface area contributed by atoms with Crippen LogP contribution in [0.1, 0.15) is 55.2 Å². The van der Waals surface area contributed by atoms with Crippen LogP contribution in [0, 0.1) is 6.92 Å². The first-order chi connectivity index (χ1) is 14.0. The van der Waals surface area contributed by atoms with Gasteiger partial charge in [0.2, 0.25) is 0 Å². The zero-order valence-corrected chi connectivity index (χ0v) is 18.9. The molecule has 0 saturated heterocycles. The van der Waals surface area contributed by atoms with Crippen LogP contribution >= 0.6 is 23.2 Å². The second-order valence-electron chi connectivity index (χ2n) is 8.35. The molecule has 3 rings (SSSR count). The maximum Gasteiger partial charge on any atom is 0.407 e. The van der Waals surface area contributed by atoms with Gasteiger partial charge in [0.25, 0.3) is 5.91 Å². The summed E-state index contributed by atoms with van der Waals surface area (Å²) in [7, 11) is 0. The van der Waals surface area contributed by atoms with Gasteiger partial charge in [-0.2, -0.15) is 0 Å². The van der Waals surface area contributed by atoms with Crippen molar-refractivity contribution in [3.63, 3.8) is 0 Å². The Bertz CT molecular complexity index is 982. The number of carbonyl (C=O) groups is 2. The Morgan fingerprint density at radius 1 is 1.20 bits per heavy atom. The summed E-state index contributed by atoms with van der Waals surface area (Å²) in [6, 6.07) is 7.03. The summed E-state index contributed by atoms with van der Waals surface area (Å²) in [4.78, 5) is 29.6. The summed E-state index contributed by atoms with van der Waals surface area (Å²) in [5.74, 6) is -0.199. The van der Waals surface area contributed by atoms with Gasteiger partial charge in [-0.3, -0.25) is 9.78 Å². The second kappa shape index (κ2) is 8.82. The van der Waals surface area contributed by atoms with Crippen molar-refractivity contribution >= 4 is 35.2 Å². The van der Waals surface area contributed by atoms with Crippen LogP contribution in [0.2, 0.25) is 10.0 Å². The summed E-state index contributed by atoms with van der Waals surface area (Å²) in [6.07, 6.45) is 1.38. The van der Waals surface area contributed by atoms with E-state index in [0.29, 0.717) is 38.1 Å². The maximum atomic E-state index is 12.9. The summed E-state index contributed by atoms with van der Waals surface area (Å²) in [6.45, 7) is 7.29. The van der Waals surface area contributed by atoms with Gasteiger partial charge in [-0.1, -0.05) is 23.2 Å². The number of ether oxygens (including phenoxy) is 1. The number of aryl methyl sites for hydroxylation is 1. The molecule has 1 aliphatic carbocycles. The van der Waals surface area contributed by atoms with Gasteiger partial charge in [0.15, 0.2) is 0 Å². The number of amides is 2. The number of halogens is 2. The van der Waals surface area contributed by atoms with Crippen LogP contribution in [0.3, 0.4) is 0 Å². The predicted octanol–water partition coefficient (Wildman–Crippen LogP) is 5.28. The fraction of sp³-hybridized carbons (Fsp3) is 0.409. The van der Waals surface area contributed by atoms with Crippen molar-refractivity contribution < 1.29 is 14.3 Å². The van der Waals surface area contributed by atoms with Crippen LogP contribution in [0.25, 0.3) is 11.3 Å². The standard InChI is InChI=1S/C22H25Cl2N3O3/c1-12-17(11-25-21(29)30-22(2,3)4)16(20(28)27-14-6-7-14)10-19(26-12)15-8-5-13(23)9-18(15)24/h5,8-10,14H,6-7,11H2,1-4H3,(H,25,29)(H,27,28). The highest BCUT2D eigenvalue weighted by Gasteiger charge is 2.26. The molecule has 0 spiro atoms. The van der Waals surface area contributed by atoms with Gasteiger partial charge in [0, 0.05) is 40.0 Å². The van der Waals surface area contributed by atoms with E-state index in [9.17, 15) is 9.59 Å². The molecule has 1 fully saturated rings. The highest BCUT2D eigenvalue weighted by atomic mass is 35.5. The lowest BCUT2D eigenvalue weighted by Gasteiger charge is -2.20. The van der Waals surface area contributed by atoms with Gasteiger partial charge in [-0.15, -0.1) is 0 Å². The number of pyridine rings is 1. The molecule has 0 bridgehead atoms. The number of carbonyl (C=O) groups excluding carboxylic acids is 2. The summed E-state index contributed by atoms with van der Waals surface area (Å²) < 4.78 is 5.29. The van der Waals surface area contributed by atoms with E-state index in [1.54, 1.807) is 52.0 Å². The van der Waals surface area contributed by atoms with Crippen molar-refractivity contribution in [1.82, 2.24) is 15.6 Å². The van der Waals surface area contributed by atoms with Crippen LogP contribution in [-0.2, 0) is 11.3 Å². The van der Waals surface area contributed by atoms with Crippen LogP contribution in [0.15, 0.2) is 24.3 Å². The first kappa shape index (κ1) is 22.4. The first-order valence-electron chi connectivity index (χ1n) is 9.77. The molecule has 2 aromatic rings. The molecule has 0 atom stereocenters. The number of rotatable bonds is 5. The van der Waals surface area contributed by atoms with Gasteiger partial charge < -0.3 is 15.4 Å². The van der Waals surface area contributed by atoms with Crippen molar-refractivity contribution in [1.29, 1.82) is 0 Å². The third-order valence-corrected chi connectivity index (χ3v) is 5.05. The van der Waals surface area contributed by atoms with Gasteiger partial charge in [0.1, 0.15) is 5.60 Å². The van der Waals surface area contributed by atoms with Gasteiger partial charge in [-0.25, -0.2) is 4.79 Å². The highest BCUT2D eigenvalue weighted by Crippen LogP contribution is 2.31. The molecule has 1 aromatic carbocycles. The minimum absolute atomic E-state index is 0.121. The quantitative estimate of drug-likeness (QED) is 0.650. The summed E-state index contributed by atoms with van der Waals surface area (Å²) >= 11 is 12.4. The fourth-order valence-electron chi connectivity index (χ4n) is 2.93. The van der Waals surface area contributed by atoms with Crippen LogP contribution < -0.4 is 10.6 Å². The van der Waals surface area contributed by atoms with Crippen molar-refractivity contribution in [2.75, 3.05) is 0 Å².